The van der Waals surface area contributed by atoms with Crippen LogP contribution in [0, 0.1) is 5.41 Å². The molecule has 1 rings (SSSR count). The van der Waals surface area contributed by atoms with E-state index in [1.165, 1.54) is 0 Å². The zero-order valence-corrected chi connectivity index (χ0v) is 9.69. The molecule has 0 spiro atoms. The molecule has 0 saturated heterocycles. The molecule has 3 heteroatoms. The summed E-state index contributed by atoms with van der Waals surface area (Å²) in [6.07, 6.45) is 2.36. The molecule has 0 saturated carbocycles. The van der Waals surface area contributed by atoms with Gasteiger partial charge in [0.05, 0.1) is 13.2 Å². The van der Waals surface area contributed by atoms with E-state index in [1.807, 2.05) is 19.1 Å². The second kappa shape index (κ2) is 5.87. The number of rotatable bonds is 6. The normalized spacial score (nSPS) is 11.7. The average Bonchev–Trinajstić information content (AvgIpc) is 2.31. The molecule has 0 atom stereocenters. The van der Waals surface area contributed by atoms with Gasteiger partial charge in [0, 0.05) is 5.41 Å². The fourth-order valence-electron chi connectivity index (χ4n) is 1.99. The van der Waals surface area contributed by atoms with E-state index in [-0.39, 0.29) is 19.0 Å². The standard InChI is InChI=1S/C13H20O3/c1-2-7-13(9-14,10-15)8-11-3-5-12(16)6-4-11/h3-6,14-16H,2,7-10H2,1H3. The molecule has 1 aromatic carbocycles. The summed E-state index contributed by atoms with van der Waals surface area (Å²) in [5.41, 5.74) is 0.584. The fourth-order valence-corrected chi connectivity index (χ4v) is 1.99. The van der Waals surface area contributed by atoms with E-state index < -0.39 is 5.41 Å². The smallest absolute Gasteiger partial charge is 0.115 e. The number of aliphatic hydroxyl groups excluding tert-OH is 2. The van der Waals surface area contributed by atoms with Crippen molar-refractivity contribution >= 4 is 0 Å². The first-order chi connectivity index (χ1) is 7.65. The quantitative estimate of drug-likeness (QED) is 0.689. The maximum atomic E-state index is 9.41. The third-order valence-corrected chi connectivity index (χ3v) is 2.97. The van der Waals surface area contributed by atoms with Gasteiger partial charge < -0.3 is 15.3 Å². The van der Waals surface area contributed by atoms with Crippen LogP contribution in [0.4, 0.5) is 0 Å². The van der Waals surface area contributed by atoms with E-state index in [9.17, 15) is 15.3 Å². The Kier molecular flexibility index (Phi) is 4.77. The Morgan fingerprint density at radius 2 is 1.62 bits per heavy atom. The van der Waals surface area contributed by atoms with E-state index in [0.717, 1.165) is 18.4 Å². The van der Waals surface area contributed by atoms with Crippen LogP contribution < -0.4 is 0 Å². The van der Waals surface area contributed by atoms with Crippen LogP contribution in [0.5, 0.6) is 5.75 Å². The molecule has 0 amide bonds. The van der Waals surface area contributed by atoms with Crippen molar-refractivity contribution in [2.24, 2.45) is 5.41 Å². The van der Waals surface area contributed by atoms with E-state index in [2.05, 4.69) is 0 Å². The Hall–Kier alpha value is -1.06. The van der Waals surface area contributed by atoms with Crippen LogP contribution in [0.25, 0.3) is 0 Å². The van der Waals surface area contributed by atoms with Crippen molar-refractivity contribution in [2.45, 2.75) is 26.2 Å². The van der Waals surface area contributed by atoms with E-state index in [4.69, 9.17) is 0 Å². The average molecular weight is 224 g/mol. The van der Waals surface area contributed by atoms with Gasteiger partial charge in [-0.25, -0.2) is 0 Å². The second-order valence-corrected chi connectivity index (χ2v) is 4.41. The summed E-state index contributed by atoms with van der Waals surface area (Å²) in [7, 11) is 0. The van der Waals surface area contributed by atoms with Crippen LogP contribution in [0.1, 0.15) is 25.3 Å². The van der Waals surface area contributed by atoms with Crippen LogP contribution in [0.3, 0.4) is 0 Å². The lowest BCUT2D eigenvalue weighted by atomic mass is 9.79. The monoisotopic (exact) mass is 224 g/mol. The summed E-state index contributed by atoms with van der Waals surface area (Å²) in [5, 5.41) is 28.0. The number of aliphatic hydroxyl groups is 2. The highest BCUT2D eigenvalue weighted by atomic mass is 16.3. The van der Waals surface area contributed by atoms with Gasteiger partial charge in [0.1, 0.15) is 5.75 Å². The van der Waals surface area contributed by atoms with Crippen LogP contribution in [0.15, 0.2) is 24.3 Å². The summed E-state index contributed by atoms with van der Waals surface area (Å²) in [4.78, 5) is 0. The molecular formula is C13H20O3. The first kappa shape index (κ1) is 13.0. The Labute approximate surface area is 96.4 Å². The lowest BCUT2D eigenvalue weighted by Gasteiger charge is -2.29. The number of hydrogen-bond acceptors (Lipinski definition) is 3. The maximum absolute atomic E-state index is 9.41. The highest BCUT2D eigenvalue weighted by Gasteiger charge is 2.27. The van der Waals surface area contributed by atoms with Crippen molar-refractivity contribution in [3.8, 4) is 5.75 Å². The minimum absolute atomic E-state index is 0.0157. The molecular weight excluding hydrogens is 204 g/mol. The molecule has 90 valence electrons. The van der Waals surface area contributed by atoms with Gasteiger partial charge in [-0.05, 0) is 30.5 Å². The maximum Gasteiger partial charge on any atom is 0.115 e. The SMILES string of the molecule is CCCC(CO)(CO)Cc1ccc(O)cc1. The number of aromatic hydroxyl groups is 1. The molecule has 16 heavy (non-hydrogen) atoms. The molecule has 0 fully saturated rings. The summed E-state index contributed by atoms with van der Waals surface area (Å²) in [5.74, 6) is 0.234. The van der Waals surface area contributed by atoms with Gasteiger partial charge in [-0.3, -0.25) is 0 Å². The van der Waals surface area contributed by atoms with Gasteiger partial charge in [-0.15, -0.1) is 0 Å². The number of phenols is 1. The fraction of sp³-hybridized carbons (Fsp3) is 0.538. The van der Waals surface area contributed by atoms with Crippen LogP contribution in [-0.4, -0.2) is 28.5 Å². The topological polar surface area (TPSA) is 60.7 Å². The molecule has 0 heterocycles. The summed E-state index contributed by atoms with van der Waals surface area (Å²) >= 11 is 0. The molecule has 3 N–H and O–H groups in total. The molecule has 0 radical (unpaired) electrons. The lowest BCUT2D eigenvalue weighted by molar-refractivity contribution is 0.0466. The summed E-state index contributed by atoms with van der Waals surface area (Å²) in [6, 6.07) is 6.90. The largest absolute Gasteiger partial charge is 0.508 e. The number of phenolic OH excluding ortho intramolecular Hbond substituents is 1. The third-order valence-electron chi connectivity index (χ3n) is 2.97. The van der Waals surface area contributed by atoms with Crippen molar-refractivity contribution in [1.29, 1.82) is 0 Å². The molecule has 0 aromatic heterocycles. The van der Waals surface area contributed by atoms with Gasteiger partial charge in [0.15, 0.2) is 0 Å². The molecule has 0 aliphatic heterocycles. The predicted octanol–water partition coefficient (Wildman–Crippen LogP) is 1.71. The zero-order valence-electron chi connectivity index (χ0n) is 9.69. The number of benzene rings is 1. The Morgan fingerprint density at radius 3 is 2.06 bits per heavy atom. The zero-order chi connectivity index (χ0) is 12.0. The molecule has 0 bridgehead atoms. The van der Waals surface area contributed by atoms with Crippen molar-refractivity contribution in [3.05, 3.63) is 29.8 Å². The van der Waals surface area contributed by atoms with Crippen molar-refractivity contribution in [3.63, 3.8) is 0 Å². The highest BCUT2D eigenvalue weighted by Crippen LogP contribution is 2.28. The third kappa shape index (κ3) is 3.22. The van der Waals surface area contributed by atoms with Gasteiger partial charge in [-0.1, -0.05) is 25.5 Å². The van der Waals surface area contributed by atoms with E-state index >= 15 is 0 Å². The lowest BCUT2D eigenvalue weighted by Crippen LogP contribution is -2.32. The first-order valence-corrected chi connectivity index (χ1v) is 5.65. The molecule has 1 aromatic rings. The minimum Gasteiger partial charge on any atom is -0.508 e. The number of hydrogen-bond donors (Lipinski definition) is 3. The Balaban J connectivity index is 2.78. The van der Waals surface area contributed by atoms with Crippen molar-refractivity contribution < 1.29 is 15.3 Å². The van der Waals surface area contributed by atoms with Gasteiger partial charge in [0.2, 0.25) is 0 Å². The summed E-state index contributed by atoms with van der Waals surface area (Å²) in [6.45, 7) is 2.01. The second-order valence-electron chi connectivity index (χ2n) is 4.41. The highest BCUT2D eigenvalue weighted by molar-refractivity contribution is 5.26. The van der Waals surface area contributed by atoms with Crippen molar-refractivity contribution in [2.75, 3.05) is 13.2 Å². The molecule has 0 aliphatic rings. The van der Waals surface area contributed by atoms with Gasteiger partial charge in [-0.2, -0.15) is 0 Å². The molecule has 0 aliphatic carbocycles. The van der Waals surface area contributed by atoms with E-state index in [0.29, 0.717) is 6.42 Å². The van der Waals surface area contributed by atoms with Crippen LogP contribution in [-0.2, 0) is 6.42 Å². The van der Waals surface area contributed by atoms with Crippen LogP contribution in [0.2, 0.25) is 0 Å². The molecule has 0 unspecified atom stereocenters. The minimum atomic E-state index is -0.439. The molecule has 3 nitrogen and oxygen atoms in total. The van der Waals surface area contributed by atoms with Gasteiger partial charge in [0.25, 0.3) is 0 Å². The predicted molar refractivity (Wildman–Crippen MR) is 63.3 cm³/mol. The Morgan fingerprint density at radius 1 is 1.06 bits per heavy atom. The Bertz CT molecular complexity index is 301. The van der Waals surface area contributed by atoms with Crippen LogP contribution >= 0.6 is 0 Å². The van der Waals surface area contributed by atoms with Gasteiger partial charge >= 0.3 is 0 Å². The first-order valence-electron chi connectivity index (χ1n) is 5.65. The van der Waals surface area contributed by atoms with E-state index in [1.54, 1.807) is 12.1 Å². The van der Waals surface area contributed by atoms with Crippen molar-refractivity contribution in [1.82, 2.24) is 0 Å². The summed E-state index contributed by atoms with van der Waals surface area (Å²) < 4.78 is 0.